The van der Waals surface area contributed by atoms with Gasteiger partial charge in [-0.25, -0.2) is 14.2 Å². The summed E-state index contributed by atoms with van der Waals surface area (Å²) in [7, 11) is 1.73. The van der Waals surface area contributed by atoms with Gasteiger partial charge in [-0.1, -0.05) is 24.2 Å². The molecule has 3 heterocycles. The molecule has 1 fully saturated rings. The highest BCUT2D eigenvalue weighted by Gasteiger charge is 2.27. The number of halogens is 1. The highest BCUT2D eigenvalue weighted by atomic mass is 32.1. The molecule has 0 bridgehead atoms. The molecule has 0 radical (unpaired) electrons. The van der Waals surface area contributed by atoms with E-state index in [1.54, 1.807) is 34.8 Å². The first-order valence-corrected chi connectivity index (χ1v) is 11.9. The second-order valence-electron chi connectivity index (χ2n) is 8.49. The predicted octanol–water partition coefficient (Wildman–Crippen LogP) is 3.95. The monoisotopic (exact) mass is 468 g/mol. The summed E-state index contributed by atoms with van der Waals surface area (Å²) in [5.41, 5.74) is 2.77. The van der Waals surface area contributed by atoms with E-state index in [9.17, 15) is 14.0 Å². The van der Waals surface area contributed by atoms with Crippen LogP contribution in [0.5, 0.6) is 0 Å². The first-order chi connectivity index (χ1) is 16.0. The Balaban J connectivity index is 1.26. The molecule has 5 rings (SSSR count). The number of anilines is 1. The highest BCUT2D eigenvalue weighted by molar-refractivity contribution is 7.15. The van der Waals surface area contributed by atoms with Crippen LogP contribution >= 0.6 is 11.3 Å². The van der Waals surface area contributed by atoms with E-state index in [2.05, 4.69) is 20.7 Å². The number of thiazole rings is 1. The van der Waals surface area contributed by atoms with E-state index in [1.807, 2.05) is 0 Å². The predicted molar refractivity (Wildman–Crippen MR) is 124 cm³/mol. The van der Waals surface area contributed by atoms with Crippen LogP contribution in [0.1, 0.15) is 46.7 Å². The molecular formula is C23H25FN6O2S. The lowest BCUT2D eigenvalue weighted by Gasteiger charge is -2.25. The van der Waals surface area contributed by atoms with Gasteiger partial charge in [0.05, 0.1) is 17.9 Å². The molecule has 33 heavy (non-hydrogen) atoms. The Kier molecular flexibility index (Phi) is 5.84. The quantitative estimate of drug-likeness (QED) is 0.607. The van der Waals surface area contributed by atoms with E-state index in [1.165, 1.54) is 23.5 Å². The Bertz CT molecular complexity index is 1180. The molecule has 0 saturated heterocycles. The van der Waals surface area contributed by atoms with Gasteiger partial charge in [0, 0.05) is 36.5 Å². The summed E-state index contributed by atoms with van der Waals surface area (Å²) in [6.07, 6.45) is 4.99. The molecule has 172 valence electrons. The number of hydrogen-bond donors (Lipinski definition) is 2. The molecule has 0 unspecified atom stereocenters. The van der Waals surface area contributed by atoms with Gasteiger partial charge >= 0.3 is 6.03 Å². The van der Waals surface area contributed by atoms with Crippen LogP contribution in [0.15, 0.2) is 30.3 Å². The van der Waals surface area contributed by atoms with Gasteiger partial charge in [0.15, 0.2) is 5.13 Å². The van der Waals surface area contributed by atoms with Gasteiger partial charge in [-0.3, -0.25) is 14.8 Å². The van der Waals surface area contributed by atoms with Gasteiger partial charge in [-0.05, 0) is 43.2 Å². The first-order valence-electron chi connectivity index (χ1n) is 11.1. The summed E-state index contributed by atoms with van der Waals surface area (Å²) in [4.78, 5) is 32.8. The van der Waals surface area contributed by atoms with Crippen LogP contribution in [0, 0.1) is 5.82 Å². The fourth-order valence-corrected chi connectivity index (χ4v) is 5.42. The number of amides is 3. The third kappa shape index (κ3) is 4.61. The van der Waals surface area contributed by atoms with Crippen LogP contribution in [0.4, 0.5) is 14.3 Å². The zero-order valence-electron chi connectivity index (χ0n) is 18.3. The topological polar surface area (TPSA) is 92.2 Å². The van der Waals surface area contributed by atoms with Crippen molar-refractivity contribution in [2.24, 2.45) is 7.05 Å². The largest absolute Gasteiger partial charge is 0.335 e. The fourth-order valence-electron chi connectivity index (χ4n) is 4.40. The van der Waals surface area contributed by atoms with Crippen molar-refractivity contribution in [3.05, 3.63) is 52.4 Å². The molecule has 2 aliphatic rings. The average Bonchev–Trinajstić information content (AvgIpc) is 3.53. The third-order valence-corrected chi connectivity index (χ3v) is 7.17. The van der Waals surface area contributed by atoms with Crippen molar-refractivity contribution in [3.8, 4) is 11.3 Å². The van der Waals surface area contributed by atoms with Crippen LogP contribution < -0.4 is 10.6 Å². The van der Waals surface area contributed by atoms with Gasteiger partial charge in [0.25, 0.3) is 5.91 Å². The smallest absolute Gasteiger partial charge is 0.321 e. The summed E-state index contributed by atoms with van der Waals surface area (Å²) < 4.78 is 14.8. The normalized spacial score (nSPS) is 16.0. The minimum Gasteiger partial charge on any atom is -0.335 e. The second-order valence-corrected chi connectivity index (χ2v) is 9.57. The molecule has 10 heteroatoms. The van der Waals surface area contributed by atoms with E-state index in [0.29, 0.717) is 36.0 Å². The maximum absolute atomic E-state index is 13.2. The molecule has 1 aliphatic heterocycles. The van der Waals surface area contributed by atoms with Gasteiger partial charge < -0.3 is 10.2 Å². The summed E-state index contributed by atoms with van der Waals surface area (Å²) in [5.74, 6) is -0.435. The summed E-state index contributed by atoms with van der Waals surface area (Å²) in [6.45, 7) is 0.981. The molecule has 1 saturated carbocycles. The van der Waals surface area contributed by atoms with Crippen molar-refractivity contribution in [1.82, 2.24) is 25.0 Å². The van der Waals surface area contributed by atoms with Crippen molar-refractivity contribution < 1.29 is 14.0 Å². The highest BCUT2D eigenvalue weighted by Crippen LogP contribution is 2.30. The number of urea groups is 1. The molecule has 0 atom stereocenters. The molecule has 3 amide bonds. The van der Waals surface area contributed by atoms with Gasteiger partial charge in [-0.2, -0.15) is 5.10 Å². The van der Waals surface area contributed by atoms with Gasteiger partial charge in [0.2, 0.25) is 0 Å². The van der Waals surface area contributed by atoms with E-state index < -0.39 is 0 Å². The molecule has 2 N–H and O–H groups in total. The van der Waals surface area contributed by atoms with Crippen molar-refractivity contribution in [2.75, 3.05) is 11.9 Å². The van der Waals surface area contributed by atoms with Gasteiger partial charge in [-0.15, -0.1) is 0 Å². The third-order valence-electron chi connectivity index (χ3n) is 6.17. The molecular weight excluding hydrogens is 443 g/mol. The van der Waals surface area contributed by atoms with E-state index in [-0.39, 0.29) is 23.8 Å². The maximum atomic E-state index is 13.2. The van der Waals surface area contributed by atoms with Crippen LogP contribution in [-0.4, -0.2) is 44.2 Å². The Hall–Kier alpha value is -3.27. The van der Waals surface area contributed by atoms with Crippen molar-refractivity contribution in [1.29, 1.82) is 0 Å². The fraction of sp³-hybridized carbons (Fsp3) is 0.391. The lowest BCUT2D eigenvalue weighted by atomic mass is 10.1. The van der Waals surface area contributed by atoms with E-state index >= 15 is 0 Å². The molecule has 8 nitrogen and oxygen atoms in total. The number of carbonyl (C=O) groups is 2. The Morgan fingerprint density at radius 2 is 1.94 bits per heavy atom. The lowest BCUT2D eigenvalue weighted by molar-refractivity contribution is 0.0725. The zero-order chi connectivity index (χ0) is 22.9. The SMILES string of the molecule is Cn1nc(-c2ccc(F)cc2)cc1C(=O)N1CCc2nc(NC(=O)NC3CCCC3)sc2C1. The molecule has 0 spiro atoms. The summed E-state index contributed by atoms with van der Waals surface area (Å²) in [5, 5.41) is 10.8. The number of aryl methyl sites for hydroxylation is 1. The Morgan fingerprint density at radius 1 is 1.18 bits per heavy atom. The minimum absolute atomic E-state index is 0.120. The first kappa shape index (κ1) is 21.6. The number of aromatic nitrogens is 3. The second kappa shape index (κ2) is 8.93. The Labute approximate surface area is 194 Å². The number of hydrogen-bond acceptors (Lipinski definition) is 5. The summed E-state index contributed by atoms with van der Waals surface area (Å²) >= 11 is 1.41. The molecule has 3 aromatic rings. The number of fused-ring (bicyclic) bond motifs is 1. The number of nitrogens with zero attached hydrogens (tertiary/aromatic N) is 4. The van der Waals surface area contributed by atoms with Crippen LogP contribution in [0.2, 0.25) is 0 Å². The average molecular weight is 469 g/mol. The standard InChI is InChI=1S/C23H25FN6O2S/c1-29-19(12-18(28-29)14-6-8-15(24)9-7-14)21(31)30-11-10-17-20(13-30)33-23(26-17)27-22(32)25-16-4-2-3-5-16/h6-9,12,16H,2-5,10-11,13H2,1H3,(H2,25,26,27,32). The maximum Gasteiger partial charge on any atom is 0.321 e. The number of nitrogens with one attached hydrogen (secondary N) is 2. The van der Waals surface area contributed by atoms with Crippen molar-refractivity contribution >= 4 is 28.4 Å². The molecule has 1 aromatic carbocycles. The van der Waals surface area contributed by atoms with E-state index in [0.717, 1.165) is 41.8 Å². The van der Waals surface area contributed by atoms with Gasteiger partial charge in [0.1, 0.15) is 11.5 Å². The van der Waals surface area contributed by atoms with Crippen LogP contribution in [0.25, 0.3) is 11.3 Å². The van der Waals surface area contributed by atoms with Crippen LogP contribution in [-0.2, 0) is 20.0 Å². The number of benzene rings is 1. The van der Waals surface area contributed by atoms with Crippen molar-refractivity contribution in [2.45, 2.75) is 44.7 Å². The van der Waals surface area contributed by atoms with E-state index in [4.69, 9.17) is 0 Å². The minimum atomic E-state index is -0.315. The molecule has 2 aromatic heterocycles. The van der Waals surface area contributed by atoms with Crippen molar-refractivity contribution in [3.63, 3.8) is 0 Å². The Morgan fingerprint density at radius 3 is 2.70 bits per heavy atom. The number of rotatable bonds is 4. The molecule has 1 aliphatic carbocycles. The summed E-state index contributed by atoms with van der Waals surface area (Å²) in [6, 6.07) is 7.80. The zero-order valence-corrected chi connectivity index (χ0v) is 19.1. The lowest BCUT2D eigenvalue weighted by Crippen LogP contribution is -2.36. The number of carbonyl (C=O) groups excluding carboxylic acids is 2. The van der Waals surface area contributed by atoms with Crippen LogP contribution in [0.3, 0.4) is 0 Å².